The molecule has 2 rings (SSSR count). The number of thiazole rings is 1. The van der Waals surface area contributed by atoms with Crippen molar-refractivity contribution in [2.24, 2.45) is 12.0 Å². The van der Waals surface area contributed by atoms with Crippen molar-refractivity contribution in [3.05, 3.63) is 28.6 Å². The minimum Gasteiger partial charge on any atom is -0.319 e. The maximum Gasteiger partial charge on any atom is 0.245 e. The van der Waals surface area contributed by atoms with Crippen LogP contribution in [0.5, 0.6) is 0 Å². The first-order valence-electron chi connectivity index (χ1n) is 5.26. The SMILES string of the molecule is CCc1cccc2sc(=NC(C)=O)n(C)c12. The lowest BCUT2D eigenvalue weighted by Crippen LogP contribution is -2.12. The van der Waals surface area contributed by atoms with Crippen LogP contribution in [0.4, 0.5) is 0 Å². The van der Waals surface area contributed by atoms with E-state index in [1.54, 1.807) is 11.3 Å². The van der Waals surface area contributed by atoms with Gasteiger partial charge in [0.05, 0.1) is 10.2 Å². The largest absolute Gasteiger partial charge is 0.319 e. The molecule has 2 aromatic rings. The van der Waals surface area contributed by atoms with Crippen molar-refractivity contribution in [2.75, 3.05) is 0 Å². The summed E-state index contributed by atoms with van der Waals surface area (Å²) in [6.07, 6.45) is 0.988. The zero-order chi connectivity index (χ0) is 11.7. The van der Waals surface area contributed by atoms with Gasteiger partial charge in [-0.15, -0.1) is 0 Å². The monoisotopic (exact) mass is 234 g/mol. The van der Waals surface area contributed by atoms with Crippen molar-refractivity contribution in [3.63, 3.8) is 0 Å². The quantitative estimate of drug-likeness (QED) is 0.745. The summed E-state index contributed by atoms with van der Waals surface area (Å²) in [6.45, 7) is 3.61. The number of para-hydroxylation sites is 1. The molecule has 4 heteroatoms. The molecule has 1 aromatic carbocycles. The first kappa shape index (κ1) is 11.1. The number of nitrogens with zero attached hydrogens (tertiary/aromatic N) is 2. The van der Waals surface area contributed by atoms with E-state index >= 15 is 0 Å². The Hall–Kier alpha value is -1.42. The highest BCUT2D eigenvalue weighted by Crippen LogP contribution is 2.20. The molecule has 0 N–H and O–H groups in total. The summed E-state index contributed by atoms with van der Waals surface area (Å²) in [7, 11) is 1.96. The van der Waals surface area contributed by atoms with Crippen LogP contribution >= 0.6 is 11.3 Å². The zero-order valence-corrected chi connectivity index (χ0v) is 10.5. The molecule has 0 aliphatic rings. The van der Waals surface area contributed by atoms with Gasteiger partial charge in [0, 0.05) is 14.0 Å². The number of hydrogen-bond donors (Lipinski definition) is 0. The third-order valence-corrected chi connectivity index (χ3v) is 3.64. The number of fused-ring (bicyclic) bond motifs is 1. The van der Waals surface area contributed by atoms with Crippen molar-refractivity contribution in [2.45, 2.75) is 20.3 Å². The second-order valence-electron chi connectivity index (χ2n) is 3.69. The minimum absolute atomic E-state index is 0.153. The Morgan fingerprint density at radius 2 is 2.25 bits per heavy atom. The fraction of sp³-hybridized carbons (Fsp3) is 0.333. The van der Waals surface area contributed by atoms with Crippen LogP contribution in [0.2, 0.25) is 0 Å². The second-order valence-corrected chi connectivity index (χ2v) is 4.70. The first-order valence-corrected chi connectivity index (χ1v) is 6.08. The molecular formula is C12H14N2OS. The average Bonchev–Trinajstić information content (AvgIpc) is 2.55. The summed E-state index contributed by atoms with van der Waals surface area (Å²) >= 11 is 1.56. The van der Waals surface area contributed by atoms with Crippen LogP contribution in [0, 0.1) is 0 Å². The highest BCUT2D eigenvalue weighted by atomic mass is 32.1. The second kappa shape index (κ2) is 4.22. The third-order valence-electron chi connectivity index (χ3n) is 2.54. The number of hydrogen-bond acceptors (Lipinski definition) is 2. The van der Waals surface area contributed by atoms with Crippen LogP contribution in [0.3, 0.4) is 0 Å². The van der Waals surface area contributed by atoms with Crippen LogP contribution in [0.25, 0.3) is 10.2 Å². The summed E-state index contributed by atoms with van der Waals surface area (Å²) in [6, 6.07) is 6.24. The van der Waals surface area contributed by atoms with E-state index in [1.807, 2.05) is 11.6 Å². The van der Waals surface area contributed by atoms with Crippen LogP contribution in [0.1, 0.15) is 19.4 Å². The lowest BCUT2D eigenvalue weighted by molar-refractivity contribution is -0.116. The van der Waals surface area contributed by atoms with Crippen LogP contribution in [-0.2, 0) is 18.3 Å². The molecule has 0 bridgehead atoms. The molecule has 0 saturated heterocycles. The molecule has 0 atom stereocenters. The lowest BCUT2D eigenvalue weighted by Gasteiger charge is -2.01. The molecule has 0 unspecified atom stereocenters. The molecule has 84 valence electrons. The van der Waals surface area contributed by atoms with Crippen molar-refractivity contribution in [3.8, 4) is 0 Å². The van der Waals surface area contributed by atoms with Gasteiger partial charge in [-0.3, -0.25) is 4.79 Å². The van der Waals surface area contributed by atoms with Crippen LogP contribution in [-0.4, -0.2) is 10.5 Å². The predicted octanol–water partition coefficient (Wildman–Crippen LogP) is 2.25. The van der Waals surface area contributed by atoms with Crippen LogP contribution in [0.15, 0.2) is 23.2 Å². The smallest absolute Gasteiger partial charge is 0.245 e. The average molecular weight is 234 g/mol. The van der Waals surface area contributed by atoms with Gasteiger partial charge in [0.1, 0.15) is 0 Å². The van der Waals surface area contributed by atoms with E-state index in [4.69, 9.17) is 0 Å². The number of carbonyl (C=O) groups excluding carboxylic acids is 1. The minimum atomic E-state index is -0.153. The Balaban J connectivity index is 2.83. The normalized spacial score (nSPS) is 12.3. The van der Waals surface area contributed by atoms with Gasteiger partial charge in [-0.05, 0) is 18.1 Å². The molecular weight excluding hydrogens is 220 g/mol. The van der Waals surface area contributed by atoms with Gasteiger partial charge in [-0.25, -0.2) is 0 Å². The fourth-order valence-electron chi connectivity index (χ4n) is 1.81. The molecule has 0 spiro atoms. The van der Waals surface area contributed by atoms with Gasteiger partial charge in [0.25, 0.3) is 0 Å². The van der Waals surface area contributed by atoms with Gasteiger partial charge in [0.2, 0.25) is 5.91 Å². The Morgan fingerprint density at radius 1 is 1.50 bits per heavy atom. The van der Waals surface area contributed by atoms with E-state index in [0.717, 1.165) is 11.2 Å². The molecule has 0 aliphatic heterocycles. The molecule has 0 fully saturated rings. The highest BCUT2D eigenvalue weighted by Gasteiger charge is 2.06. The molecule has 1 amide bonds. The Labute approximate surface area is 98.1 Å². The summed E-state index contributed by atoms with van der Waals surface area (Å²) in [5, 5.41) is 0. The van der Waals surface area contributed by atoms with E-state index in [0.29, 0.717) is 0 Å². The van der Waals surface area contributed by atoms with Gasteiger partial charge >= 0.3 is 0 Å². The van der Waals surface area contributed by atoms with E-state index in [-0.39, 0.29) is 5.91 Å². The molecule has 1 heterocycles. The Bertz CT molecular complexity index is 607. The van der Waals surface area contributed by atoms with Crippen molar-refractivity contribution < 1.29 is 4.79 Å². The van der Waals surface area contributed by atoms with E-state index < -0.39 is 0 Å². The van der Waals surface area contributed by atoms with Gasteiger partial charge < -0.3 is 4.57 Å². The summed E-state index contributed by atoms with van der Waals surface area (Å²) in [5.41, 5.74) is 2.48. The zero-order valence-electron chi connectivity index (χ0n) is 9.65. The van der Waals surface area contributed by atoms with E-state index in [9.17, 15) is 4.79 Å². The van der Waals surface area contributed by atoms with Crippen molar-refractivity contribution in [1.29, 1.82) is 0 Å². The van der Waals surface area contributed by atoms with E-state index in [2.05, 4.69) is 30.1 Å². The van der Waals surface area contributed by atoms with Gasteiger partial charge in [-0.1, -0.05) is 30.4 Å². The maximum absolute atomic E-state index is 11.0. The first-order chi connectivity index (χ1) is 7.63. The van der Waals surface area contributed by atoms with Gasteiger partial charge in [-0.2, -0.15) is 4.99 Å². The number of amides is 1. The van der Waals surface area contributed by atoms with Crippen molar-refractivity contribution in [1.82, 2.24) is 4.57 Å². The predicted molar refractivity (Wildman–Crippen MR) is 66.4 cm³/mol. The Kier molecular flexibility index (Phi) is 2.92. The number of aromatic nitrogens is 1. The maximum atomic E-state index is 11.0. The topological polar surface area (TPSA) is 34.4 Å². The standard InChI is InChI=1S/C12H14N2OS/c1-4-9-6-5-7-10-11(9)14(3)12(16-10)13-8(2)15/h5-7H,4H2,1-3H3. The van der Waals surface area contributed by atoms with Gasteiger partial charge in [0.15, 0.2) is 4.80 Å². The number of rotatable bonds is 1. The lowest BCUT2D eigenvalue weighted by atomic mass is 10.1. The van der Waals surface area contributed by atoms with Crippen LogP contribution < -0.4 is 4.80 Å². The summed E-state index contributed by atoms with van der Waals surface area (Å²) in [5.74, 6) is -0.153. The molecule has 0 saturated carbocycles. The molecule has 1 aromatic heterocycles. The molecule has 3 nitrogen and oxygen atoms in total. The number of aryl methyl sites for hydroxylation is 2. The number of benzene rings is 1. The van der Waals surface area contributed by atoms with Crippen molar-refractivity contribution >= 4 is 27.5 Å². The fourth-order valence-corrected chi connectivity index (χ4v) is 2.92. The number of carbonyl (C=O) groups is 1. The summed E-state index contributed by atoms with van der Waals surface area (Å²) < 4.78 is 3.18. The van der Waals surface area contributed by atoms with E-state index in [1.165, 1.54) is 22.7 Å². The Morgan fingerprint density at radius 3 is 2.88 bits per heavy atom. The molecule has 0 radical (unpaired) electrons. The highest BCUT2D eigenvalue weighted by molar-refractivity contribution is 7.16. The summed E-state index contributed by atoms with van der Waals surface area (Å²) in [4.78, 5) is 15.8. The molecule has 0 aliphatic carbocycles. The third kappa shape index (κ3) is 1.80. The molecule has 16 heavy (non-hydrogen) atoms.